The van der Waals surface area contributed by atoms with Crippen LogP contribution in [0.3, 0.4) is 0 Å². The Kier molecular flexibility index (Phi) is 5.68. The van der Waals surface area contributed by atoms with E-state index >= 15 is 0 Å². The van der Waals surface area contributed by atoms with Crippen LogP contribution in [0.5, 0.6) is 0 Å². The van der Waals surface area contributed by atoms with Crippen LogP contribution in [0.4, 0.5) is 10.8 Å². The summed E-state index contributed by atoms with van der Waals surface area (Å²) in [5, 5.41) is 15.3. The summed E-state index contributed by atoms with van der Waals surface area (Å²) in [6.45, 7) is 4.73. The number of nitro benzene ring substituents is 1. The van der Waals surface area contributed by atoms with Crippen molar-refractivity contribution in [2.24, 2.45) is 0 Å². The quantitative estimate of drug-likeness (QED) is 0.342. The number of rotatable bonds is 6. The van der Waals surface area contributed by atoms with Gasteiger partial charge in [0.05, 0.1) is 25.4 Å². The molecule has 11 heteroatoms. The third kappa shape index (κ3) is 4.27. The molecule has 0 aliphatic carbocycles. The van der Waals surface area contributed by atoms with Gasteiger partial charge < -0.3 is 10.2 Å². The van der Waals surface area contributed by atoms with Crippen LogP contribution in [0.1, 0.15) is 9.80 Å². The lowest BCUT2D eigenvalue weighted by molar-refractivity contribution is -0.384. The van der Waals surface area contributed by atoms with Crippen LogP contribution in [0.25, 0.3) is 20.4 Å². The SMILES string of the molecule is O=C(NCCN1CCN(c2nc3ccc([N+](=O)[O-])cc3s2)CC1)c1nc2ccccc2s1. The van der Waals surface area contributed by atoms with E-state index in [2.05, 4.69) is 25.1 Å². The van der Waals surface area contributed by atoms with Crippen molar-refractivity contribution in [3.8, 4) is 0 Å². The summed E-state index contributed by atoms with van der Waals surface area (Å²) < 4.78 is 1.84. The highest BCUT2D eigenvalue weighted by molar-refractivity contribution is 7.22. The first-order chi connectivity index (χ1) is 15.6. The molecule has 1 fully saturated rings. The van der Waals surface area contributed by atoms with Crippen molar-refractivity contribution in [2.45, 2.75) is 0 Å². The van der Waals surface area contributed by atoms with Crippen LogP contribution in [0.2, 0.25) is 0 Å². The molecular formula is C21H20N6O3S2. The van der Waals surface area contributed by atoms with E-state index in [1.807, 2.05) is 24.3 Å². The number of carbonyl (C=O) groups excluding carboxylic acids is 1. The lowest BCUT2D eigenvalue weighted by atomic mass is 10.3. The number of aromatic nitrogens is 2. The zero-order chi connectivity index (χ0) is 22.1. The van der Waals surface area contributed by atoms with Crippen LogP contribution in [-0.2, 0) is 0 Å². The fourth-order valence-electron chi connectivity index (χ4n) is 3.69. The predicted molar refractivity (Wildman–Crippen MR) is 127 cm³/mol. The zero-order valence-electron chi connectivity index (χ0n) is 17.1. The number of fused-ring (bicyclic) bond motifs is 2. The molecule has 4 aromatic rings. The number of nitrogens with zero attached hydrogens (tertiary/aromatic N) is 5. The maximum absolute atomic E-state index is 12.4. The topological polar surface area (TPSA) is 105 Å². The lowest BCUT2D eigenvalue weighted by Crippen LogP contribution is -2.48. The number of nitro groups is 1. The average molecular weight is 469 g/mol. The maximum Gasteiger partial charge on any atom is 0.280 e. The number of non-ortho nitro benzene ring substituents is 1. The minimum atomic E-state index is -0.382. The monoisotopic (exact) mass is 468 g/mol. The first-order valence-electron chi connectivity index (χ1n) is 10.2. The van der Waals surface area contributed by atoms with E-state index in [4.69, 9.17) is 0 Å². The van der Waals surface area contributed by atoms with Gasteiger partial charge >= 0.3 is 0 Å². The number of anilines is 1. The minimum Gasteiger partial charge on any atom is -0.349 e. The van der Waals surface area contributed by atoms with E-state index in [1.54, 1.807) is 12.1 Å². The second-order valence-corrected chi connectivity index (χ2v) is 9.52. The van der Waals surface area contributed by atoms with Gasteiger partial charge in [0.1, 0.15) is 0 Å². The Morgan fingerprint density at radius 3 is 2.59 bits per heavy atom. The van der Waals surface area contributed by atoms with Gasteiger partial charge in [-0.25, -0.2) is 9.97 Å². The van der Waals surface area contributed by atoms with Gasteiger partial charge in [-0.1, -0.05) is 23.5 Å². The molecule has 0 atom stereocenters. The lowest BCUT2D eigenvalue weighted by Gasteiger charge is -2.34. The second-order valence-electron chi connectivity index (χ2n) is 7.48. The third-order valence-corrected chi connectivity index (χ3v) is 7.53. The number of amides is 1. The Morgan fingerprint density at radius 2 is 1.81 bits per heavy atom. The van der Waals surface area contributed by atoms with Gasteiger partial charge in [-0.2, -0.15) is 0 Å². The van der Waals surface area contributed by atoms with Gasteiger partial charge in [0.15, 0.2) is 10.1 Å². The minimum absolute atomic E-state index is 0.0883. The third-order valence-electron chi connectivity index (χ3n) is 5.42. The van der Waals surface area contributed by atoms with Crippen molar-refractivity contribution < 1.29 is 9.72 Å². The molecule has 0 radical (unpaired) electrons. The molecule has 3 heterocycles. The number of para-hydroxylation sites is 1. The molecule has 5 rings (SSSR count). The summed E-state index contributed by atoms with van der Waals surface area (Å²) in [4.78, 5) is 36.6. The number of nitrogens with one attached hydrogen (secondary N) is 1. The van der Waals surface area contributed by atoms with E-state index in [0.717, 1.165) is 58.3 Å². The molecule has 0 unspecified atom stereocenters. The van der Waals surface area contributed by atoms with Crippen LogP contribution in [0.15, 0.2) is 42.5 Å². The molecule has 2 aromatic heterocycles. The van der Waals surface area contributed by atoms with Crippen molar-refractivity contribution in [3.63, 3.8) is 0 Å². The van der Waals surface area contributed by atoms with Crippen molar-refractivity contribution >= 4 is 59.8 Å². The second kappa shape index (κ2) is 8.77. The van der Waals surface area contributed by atoms with E-state index < -0.39 is 0 Å². The summed E-state index contributed by atoms with van der Waals surface area (Å²) in [5.74, 6) is -0.131. The molecule has 0 saturated carbocycles. The number of carbonyl (C=O) groups is 1. The largest absolute Gasteiger partial charge is 0.349 e. The highest BCUT2D eigenvalue weighted by Gasteiger charge is 2.21. The number of hydrogen-bond donors (Lipinski definition) is 1. The Balaban J connectivity index is 1.12. The molecule has 1 N–H and O–H groups in total. The van der Waals surface area contributed by atoms with E-state index in [0.29, 0.717) is 11.6 Å². The number of benzene rings is 2. The molecule has 32 heavy (non-hydrogen) atoms. The maximum atomic E-state index is 12.4. The van der Waals surface area contributed by atoms with Gasteiger partial charge in [-0.15, -0.1) is 11.3 Å². The summed E-state index contributed by atoms with van der Waals surface area (Å²) in [5.41, 5.74) is 1.73. The Labute approximate surface area is 191 Å². The van der Waals surface area contributed by atoms with Gasteiger partial charge in [-0.05, 0) is 18.2 Å². The number of piperazine rings is 1. The molecule has 1 aliphatic heterocycles. The molecular weight excluding hydrogens is 448 g/mol. The molecule has 164 valence electrons. The van der Waals surface area contributed by atoms with E-state index in [-0.39, 0.29) is 16.5 Å². The summed E-state index contributed by atoms with van der Waals surface area (Å²) in [7, 11) is 0. The molecule has 0 bridgehead atoms. The first kappa shape index (κ1) is 20.7. The Morgan fingerprint density at radius 1 is 1.03 bits per heavy atom. The smallest absolute Gasteiger partial charge is 0.280 e. The summed E-state index contributed by atoms with van der Waals surface area (Å²) >= 11 is 2.89. The average Bonchev–Trinajstić information content (AvgIpc) is 3.43. The molecule has 1 amide bonds. The van der Waals surface area contributed by atoms with E-state index in [1.165, 1.54) is 28.7 Å². The van der Waals surface area contributed by atoms with E-state index in [9.17, 15) is 14.9 Å². The Hall–Kier alpha value is -3.15. The highest BCUT2D eigenvalue weighted by atomic mass is 32.1. The summed E-state index contributed by atoms with van der Waals surface area (Å²) in [6.07, 6.45) is 0. The molecule has 9 nitrogen and oxygen atoms in total. The molecule has 1 saturated heterocycles. The van der Waals surface area contributed by atoms with Crippen molar-refractivity contribution in [1.82, 2.24) is 20.2 Å². The van der Waals surface area contributed by atoms with Gasteiger partial charge in [-0.3, -0.25) is 19.8 Å². The van der Waals surface area contributed by atoms with Crippen molar-refractivity contribution in [3.05, 3.63) is 57.6 Å². The summed E-state index contributed by atoms with van der Waals surface area (Å²) in [6, 6.07) is 12.5. The fraction of sp³-hybridized carbons (Fsp3) is 0.286. The van der Waals surface area contributed by atoms with Crippen molar-refractivity contribution in [1.29, 1.82) is 0 Å². The number of thiazole rings is 2. The van der Waals surface area contributed by atoms with Crippen molar-refractivity contribution in [2.75, 3.05) is 44.2 Å². The van der Waals surface area contributed by atoms with Gasteiger partial charge in [0.25, 0.3) is 11.6 Å². The Bertz CT molecular complexity index is 1260. The standard InChI is InChI=1S/C21H20N6O3S2/c28-19(20-23-15-3-1-2-4-17(15)31-20)22-7-8-25-9-11-26(12-10-25)21-24-16-6-5-14(27(29)30)13-18(16)32-21/h1-6,13H,7-12H2,(H,22,28). The fourth-order valence-corrected chi connectivity index (χ4v) is 5.62. The van der Waals surface area contributed by atoms with Crippen LogP contribution in [0, 0.1) is 10.1 Å². The normalized spacial score (nSPS) is 14.8. The first-order valence-corrected chi connectivity index (χ1v) is 11.9. The molecule has 1 aliphatic rings. The van der Waals surface area contributed by atoms with Gasteiger partial charge in [0, 0.05) is 51.4 Å². The molecule has 2 aromatic carbocycles. The molecule has 0 spiro atoms. The van der Waals surface area contributed by atoms with Crippen LogP contribution in [-0.4, -0.2) is 65.0 Å². The highest BCUT2D eigenvalue weighted by Crippen LogP contribution is 2.31. The van der Waals surface area contributed by atoms with Crippen LogP contribution < -0.4 is 10.2 Å². The van der Waals surface area contributed by atoms with Gasteiger partial charge in [0.2, 0.25) is 0 Å². The number of hydrogen-bond acceptors (Lipinski definition) is 9. The predicted octanol–water partition coefficient (Wildman–Crippen LogP) is 3.37. The van der Waals surface area contributed by atoms with Crippen LogP contribution >= 0.6 is 22.7 Å². The zero-order valence-corrected chi connectivity index (χ0v) is 18.7.